The maximum atomic E-state index is 13.4. The van der Waals surface area contributed by atoms with E-state index >= 15 is 0 Å². The van der Waals surface area contributed by atoms with E-state index in [1.807, 2.05) is 19.1 Å². The molecule has 0 radical (unpaired) electrons. The van der Waals surface area contributed by atoms with Crippen LogP contribution in [-0.4, -0.2) is 34.5 Å². The van der Waals surface area contributed by atoms with Crippen molar-refractivity contribution in [1.29, 1.82) is 0 Å². The molecule has 0 aliphatic rings. The minimum Gasteiger partial charge on any atom is -0.481 e. The van der Waals surface area contributed by atoms with E-state index in [4.69, 9.17) is 9.47 Å². The number of rotatable bonds is 5. The number of nitrogens with zero attached hydrogens (tertiary/aromatic N) is 2. The smallest absolute Gasteiger partial charge is 0.422 e. The lowest BCUT2D eigenvalue weighted by molar-refractivity contribution is -0.153. The molecule has 0 unspecified atom stereocenters. The molecule has 0 aliphatic heterocycles. The highest BCUT2D eigenvalue weighted by Gasteiger charge is 2.33. The largest absolute Gasteiger partial charge is 0.481 e. The molecule has 30 heavy (non-hydrogen) atoms. The Balaban J connectivity index is 2.33. The molecule has 2 aromatic heterocycles. The van der Waals surface area contributed by atoms with Crippen molar-refractivity contribution in [3.05, 3.63) is 57.6 Å². The zero-order valence-electron chi connectivity index (χ0n) is 17.0. The molecule has 0 bridgehead atoms. The van der Waals surface area contributed by atoms with Gasteiger partial charge < -0.3 is 14.0 Å². The molecule has 3 aromatic rings. The van der Waals surface area contributed by atoms with Crippen LogP contribution in [0.5, 0.6) is 5.75 Å². The van der Waals surface area contributed by atoms with Gasteiger partial charge in [0.2, 0.25) is 0 Å². The van der Waals surface area contributed by atoms with Gasteiger partial charge in [-0.15, -0.1) is 0 Å². The van der Waals surface area contributed by atoms with Crippen molar-refractivity contribution in [1.82, 2.24) is 9.13 Å². The van der Waals surface area contributed by atoms with Gasteiger partial charge in [0.05, 0.1) is 12.1 Å². The second-order valence-corrected chi connectivity index (χ2v) is 6.88. The monoisotopic (exact) mass is 422 g/mol. The van der Waals surface area contributed by atoms with Crippen LogP contribution in [-0.2, 0) is 11.8 Å². The third kappa shape index (κ3) is 3.92. The highest BCUT2D eigenvalue weighted by molar-refractivity contribution is 6.01. The Labute approximate surface area is 170 Å². The maximum Gasteiger partial charge on any atom is 0.422 e. The van der Waals surface area contributed by atoms with E-state index in [1.165, 1.54) is 16.2 Å². The lowest BCUT2D eigenvalue weighted by atomic mass is 10.2. The Morgan fingerprint density at radius 3 is 2.33 bits per heavy atom. The van der Waals surface area contributed by atoms with Crippen LogP contribution < -0.4 is 10.3 Å². The minimum absolute atomic E-state index is 0.0195. The van der Waals surface area contributed by atoms with Gasteiger partial charge >= 0.3 is 12.1 Å². The molecule has 0 spiro atoms. The number of aromatic nitrogens is 2. The SMILES string of the molecule is CCOC(=O)c1c(OCC(F)(F)F)c2c(=O)n(-c3ccc(C)cc3)c(C)cc2n1C. The zero-order chi connectivity index (χ0) is 22.2. The Bertz CT molecular complexity index is 1160. The van der Waals surface area contributed by atoms with Crippen LogP contribution >= 0.6 is 0 Å². The fraction of sp³-hybridized carbons (Fsp3) is 0.333. The number of fused-ring (bicyclic) bond motifs is 1. The molecule has 3 rings (SSSR count). The summed E-state index contributed by atoms with van der Waals surface area (Å²) >= 11 is 0. The fourth-order valence-electron chi connectivity index (χ4n) is 3.32. The predicted octanol–water partition coefficient (Wildman–Crippen LogP) is 4.06. The highest BCUT2D eigenvalue weighted by atomic mass is 19.4. The van der Waals surface area contributed by atoms with Gasteiger partial charge in [0, 0.05) is 18.4 Å². The highest BCUT2D eigenvalue weighted by Crippen LogP contribution is 2.33. The molecule has 0 N–H and O–H groups in total. The number of hydrogen-bond donors (Lipinski definition) is 0. The van der Waals surface area contributed by atoms with Gasteiger partial charge in [-0.2, -0.15) is 13.2 Å². The Hall–Kier alpha value is -3.23. The third-order valence-corrected chi connectivity index (χ3v) is 4.65. The molecule has 160 valence electrons. The summed E-state index contributed by atoms with van der Waals surface area (Å²) in [6.45, 7) is 3.55. The molecular weight excluding hydrogens is 401 g/mol. The van der Waals surface area contributed by atoms with E-state index in [0.717, 1.165) is 5.56 Å². The maximum absolute atomic E-state index is 13.4. The first-order chi connectivity index (χ1) is 14.0. The Morgan fingerprint density at radius 2 is 1.77 bits per heavy atom. The summed E-state index contributed by atoms with van der Waals surface area (Å²) in [6, 6.07) is 8.74. The first-order valence-electron chi connectivity index (χ1n) is 9.24. The molecule has 0 amide bonds. The number of halogens is 3. The topological polar surface area (TPSA) is 62.5 Å². The van der Waals surface area contributed by atoms with Gasteiger partial charge in [-0.3, -0.25) is 9.36 Å². The van der Waals surface area contributed by atoms with Crippen molar-refractivity contribution in [2.45, 2.75) is 26.9 Å². The summed E-state index contributed by atoms with van der Waals surface area (Å²) < 4.78 is 51.2. The normalized spacial score (nSPS) is 11.7. The van der Waals surface area contributed by atoms with Gasteiger partial charge in [0.25, 0.3) is 5.56 Å². The Morgan fingerprint density at radius 1 is 1.13 bits per heavy atom. The van der Waals surface area contributed by atoms with Crippen molar-refractivity contribution in [2.75, 3.05) is 13.2 Å². The van der Waals surface area contributed by atoms with Gasteiger partial charge in [-0.1, -0.05) is 17.7 Å². The molecule has 0 fully saturated rings. The van der Waals surface area contributed by atoms with Crippen molar-refractivity contribution in [3.63, 3.8) is 0 Å². The van der Waals surface area contributed by atoms with Crippen molar-refractivity contribution in [2.24, 2.45) is 7.05 Å². The lowest BCUT2D eigenvalue weighted by Crippen LogP contribution is -2.23. The molecule has 0 saturated heterocycles. The second-order valence-electron chi connectivity index (χ2n) is 6.88. The van der Waals surface area contributed by atoms with Crippen LogP contribution in [0, 0.1) is 13.8 Å². The van der Waals surface area contributed by atoms with Gasteiger partial charge in [-0.25, -0.2) is 4.79 Å². The number of esters is 1. The van der Waals surface area contributed by atoms with Gasteiger partial charge in [-0.05, 0) is 39.0 Å². The number of alkyl halides is 3. The van der Waals surface area contributed by atoms with E-state index in [0.29, 0.717) is 11.4 Å². The Kier molecular flexibility index (Phi) is 5.65. The van der Waals surface area contributed by atoms with Crippen LogP contribution in [0.3, 0.4) is 0 Å². The van der Waals surface area contributed by atoms with E-state index in [9.17, 15) is 22.8 Å². The van der Waals surface area contributed by atoms with Crippen molar-refractivity contribution < 1.29 is 27.4 Å². The van der Waals surface area contributed by atoms with E-state index < -0.39 is 30.1 Å². The lowest BCUT2D eigenvalue weighted by Gasteiger charge is -2.12. The standard InChI is InChI=1S/C21H21F3N2O4/c1-5-29-20(28)17-18(30-11-21(22,23)24)16-15(25(17)4)10-13(3)26(19(16)27)14-8-6-12(2)7-9-14/h6-10H,5,11H2,1-4H3. The first-order valence-corrected chi connectivity index (χ1v) is 9.24. The number of carbonyl (C=O) groups is 1. The number of ether oxygens (including phenoxy) is 2. The van der Waals surface area contributed by atoms with Crippen LogP contribution in [0.1, 0.15) is 28.7 Å². The molecule has 9 heteroatoms. The third-order valence-electron chi connectivity index (χ3n) is 4.65. The van der Waals surface area contributed by atoms with Crippen LogP contribution in [0.15, 0.2) is 35.1 Å². The summed E-state index contributed by atoms with van der Waals surface area (Å²) in [5, 5.41) is -0.115. The number of carbonyl (C=O) groups excluding carboxylic acids is 1. The molecular formula is C21H21F3N2O4. The summed E-state index contributed by atoms with van der Waals surface area (Å²) in [6.07, 6.45) is -4.64. The van der Waals surface area contributed by atoms with Crippen molar-refractivity contribution in [3.8, 4) is 11.4 Å². The molecule has 0 atom stereocenters. The second kappa shape index (κ2) is 7.89. The average Bonchev–Trinajstić information content (AvgIpc) is 2.93. The van der Waals surface area contributed by atoms with E-state index in [-0.39, 0.29) is 23.2 Å². The van der Waals surface area contributed by atoms with Gasteiger partial charge in [0.1, 0.15) is 5.39 Å². The molecule has 0 saturated carbocycles. The van der Waals surface area contributed by atoms with Crippen LogP contribution in [0.2, 0.25) is 0 Å². The average molecular weight is 422 g/mol. The van der Waals surface area contributed by atoms with E-state index in [1.54, 1.807) is 32.0 Å². The number of hydrogen-bond acceptors (Lipinski definition) is 4. The number of pyridine rings is 1. The summed E-state index contributed by atoms with van der Waals surface area (Å²) in [4.78, 5) is 25.8. The van der Waals surface area contributed by atoms with Crippen molar-refractivity contribution >= 4 is 16.9 Å². The summed E-state index contributed by atoms with van der Waals surface area (Å²) in [5.74, 6) is -1.30. The number of benzene rings is 1. The van der Waals surface area contributed by atoms with E-state index in [2.05, 4.69) is 0 Å². The van der Waals surface area contributed by atoms with Gasteiger partial charge in [0.15, 0.2) is 18.1 Å². The first kappa shape index (κ1) is 21.5. The zero-order valence-corrected chi connectivity index (χ0v) is 17.0. The number of aryl methyl sites for hydroxylation is 3. The molecule has 2 heterocycles. The van der Waals surface area contributed by atoms with Crippen LogP contribution in [0.4, 0.5) is 13.2 Å². The minimum atomic E-state index is -4.64. The predicted molar refractivity (Wildman–Crippen MR) is 105 cm³/mol. The molecule has 0 aliphatic carbocycles. The molecule has 6 nitrogen and oxygen atoms in total. The fourth-order valence-corrected chi connectivity index (χ4v) is 3.32. The summed E-state index contributed by atoms with van der Waals surface area (Å²) in [7, 11) is 1.48. The van der Waals surface area contributed by atoms with Crippen LogP contribution in [0.25, 0.3) is 16.6 Å². The quantitative estimate of drug-likeness (QED) is 0.582. The molecule has 1 aromatic carbocycles. The summed E-state index contributed by atoms with van der Waals surface area (Å²) in [5.41, 5.74) is 1.54.